The second kappa shape index (κ2) is 7.60. The summed E-state index contributed by atoms with van der Waals surface area (Å²) in [5, 5.41) is 14.3. The van der Waals surface area contributed by atoms with E-state index in [9.17, 15) is 9.18 Å². The maximum absolute atomic E-state index is 13.8. The number of aromatic nitrogens is 4. The predicted molar refractivity (Wildman–Crippen MR) is 91.4 cm³/mol. The number of anilines is 1. The Balaban J connectivity index is 1.71. The van der Waals surface area contributed by atoms with Gasteiger partial charge in [-0.05, 0) is 29.5 Å². The molecule has 0 fully saturated rings. The van der Waals surface area contributed by atoms with Crippen LogP contribution in [0.1, 0.15) is 0 Å². The summed E-state index contributed by atoms with van der Waals surface area (Å²) in [6.45, 7) is -0.184. The lowest BCUT2D eigenvalue weighted by Crippen LogP contribution is -2.20. The number of halogens is 1. The topological polar surface area (TPSA) is 91.2 Å². The highest BCUT2D eigenvalue weighted by Crippen LogP contribution is 2.29. The Morgan fingerprint density at radius 3 is 2.73 bits per heavy atom. The van der Waals surface area contributed by atoms with Crippen molar-refractivity contribution in [2.45, 2.75) is 6.54 Å². The minimum atomic E-state index is -0.459. The molecule has 1 heterocycles. The number of carbonyl (C=O) groups excluding carboxylic acids is 1. The maximum Gasteiger partial charge on any atom is 0.248 e. The zero-order valence-corrected chi connectivity index (χ0v) is 14.1. The summed E-state index contributed by atoms with van der Waals surface area (Å²) >= 11 is 0. The van der Waals surface area contributed by atoms with Gasteiger partial charge in [-0.15, -0.1) is 10.2 Å². The highest BCUT2D eigenvalue weighted by atomic mass is 19.1. The Morgan fingerprint density at radius 2 is 2.00 bits per heavy atom. The Labute approximate surface area is 148 Å². The molecule has 3 aromatic rings. The summed E-state index contributed by atoms with van der Waals surface area (Å²) in [4.78, 5) is 13.3. The molecule has 1 N–H and O–H groups in total. The number of rotatable bonds is 6. The highest BCUT2D eigenvalue weighted by Gasteiger charge is 2.14. The summed E-state index contributed by atoms with van der Waals surface area (Å²) in [6.07, 6.45) is 0. The van der Waals surface area contributed by atoms with E-state index in [1.807, 2.05) is 0 Å². The number of methoxy groups -OCH3 is 2. The molecule has 0 aliphatic heterocycles. The van der Waals surface area contributed by atoms with E-state index in [1.165, 1.54) is 20.3 Å². The van der Waals surface area contributed by atoms with E-state index < -0.39 is 5.82 Å². The van der Waals surface area contributed by atoms with Gasteiger partial charge in [0.1, 0.15) is 23.9 Å². The molecular weight excluding hydrogens is 341 g/mol. The highest BCUT2D eigenvalue weighted by molar-refractivity contribution is 5.92. The van der Waals surface area contributed by atoms with Crippen molar-refractivity contribution in [3.8, 4) is 22.9 Å². The van der Waals surface area contributed by atoms with Crippen LogP contribution in [0.15, 0.2) is 42.5 Å². The molecule has 0 unspecified atom stereocenters. The molecule has 8 nitrogen and oxygen atoms in total. The maximum atomic E-state index is 13.8. The van der Waals surface area contributed by atoms with E-state index in [0.29, 0.717) is 17.2 Å². The van der Waals surface area contributed by atoms with Gasteiger partial charge in [-0.2, -0.15) is 4.80 Å². The quantitative estimate of drug-likeness (QED) is 0.727. The Morgan fingerprint density at radius 1 is 1.19 bits per heavy atom. The van der Waals surface area contributed by atoms with Gasteiger partial charge < -0.3 is 14.8 Å². The molecule has 9 heteroatoms. The Kier molecular flexibility index (Phi) is 5.07. The molecule has 1 amide bonds. The van der Waals surface area contributed by atoms with Gasteiger partial charge in [0.2, 0.25) is 11.7 Å². The lowest BCUT2D eigenvalue weighted by Gasteiger charge is -2.11. The zero-order valence-electron chi connectivity index (χ0n) is 14.1. The molecule has 0 radical (unpaired) electrons. The van der Waals surface area contributed by atoms with Crippen molar-refractivity contribution in [2.24, 2.45) is 0 Å². The third kappa shape index (κ3) is 3.77. The van der Waals surface area contributed by atoms with Crippen molar-refractivity contribution < 1.29 is 18.7 Å². The van der Waals surface area contributed by atoms with Gasteiger partial charge in [0.05, 0.1) is 25.5 Å². The van der Waals surface area contributed by atoms with Crippen molar-refractivity contribution in [3.05, 3.63) is 48.3 Å². The van der Waals surface area contributed by atoms with Gasteiger partial charge in [-0.3, -0.25) is 4.79 Å². The molecule has 0 saturated carbocycles. The monoisotopic (exact) mass is 357 g/mol. The van der Waals surface area contributed by atoms with E-state index in [2.05, 4.69) is 20.7 Å². The van der Waals surface area contributed by atoms with E-state index >= 15 is 0 Å². The molecule has 134 valence electrons. The first-order valence-electron chi connectivity index (χ1n) is 7.65. The van der Waals surface area contributed by atoms with E-state index in [-0.39, 0.29) is 23.8 Å². The number of ether oxygens (including phenoxy) is 2. The van der Waals surface area contributed by atoms with Crippen molar-refractivity contribution in [1.29, 1.82) is 0 Å². The van der Waals surface area contributed by atoms with Crippen LogP contribution in [-0.2, 0) is 11.3 Å². The third-order valence-electron chi connectivity index (χ3n) is 3.54. The fourth-order valence-electron chi connectivity index (χ4n) is 2.28. The Hall–Kier alpha value is -3.49. The van der Waals surface area contributed by atoms with Crippen LogP contribution in [0, 0.1) is 5.82 Å². The number of nitrogens with zero attached hydrogens (tertiary/aromatic N) is 4. The minimum Gasteiger partial charge on any atom is -0.497 e. The lowest BCUT2D eigenvalue weighted by atomic mass is 10.2. The average Bonchev–Trinajstić information content (AvgIpc) is 3.10. The van der Waals surface area contributed by atoms with Crippen LogP contribution in [-0.4, -0.2) is 40.3 Å². The molecule has 0 spiro atoms. The summed E-state index contributed by atoms with van der Waals surface area (Å²) in [5.74, 6) is 0.326. The van der Waals surface area contributed by atoms with Crippen LogP contribution in [0.2, 0.25) is 0 Å². The largest absolute Gasteiger partial charge is 0.497 e. The molecule has 0 saturated heterocycles. The number of nitrogens with one attached hydrogen (secondary N) is 1. The van der Waals surface area contributed by atoms with E-state index in [1.54, 1.807) is 36.4 Å². The molecule has 0 aliphatic carbocycles. The standard InChI is InChI=1S/C17H16FN5O3/c1-25-11-7-8-14(15(9-11)26-2)19-16(24)10-23-21-17(20-22-23)12-5-3-4-6-13(12)18/h3-9H,10H2,1-2H3,(H,19,24). The number of benzene rings is 2. The van der Waals surface area contributed by atoms with Gasteiger partial charge >= 0.3 is 0 Å². The number of carbonyl (C=O) groups is 1. The summed E-state index contributed by atoms with van der Waals surface area (Å²) in [7, 11) is 3.03. The summed E-state index contributed by atoms with van der Waals surface area (Å²) in [6, 6.07) is 11.1. The molecule has 0 bridgehead atoms. The second-order valence-electron chi connectivity index (χ2n) is 5.24. The molecule has 2 aromatic carbocycles. The number of amides is 1. The molecule has 3 rings (SSSR count). The average molecular weight is 357 g/mol. The van der Waals surface area contributed by atoms with Gasteiger partial charge in [0, 0.05) is 6.07 Å². The Bertz CT molecular complexity index is 928. The number of hydrogen-bond acceptors (Lipinski definition) is 6. The van der Waals surface area contributed by atoms with Crippen LogP contribution in [0.5, 0.6) is 11.5 Å². The van der Waals surface area contributed by atoms with Crippen LogP contribution in [0.3, 0.4) is 0 Å². The van der Waals surface area contributed by atoms with Gasteiger partial charge in [-0.1, -0.05) is 12.1 Å². The summed E-state index contributed by atoms with van der Waals surface area (Å²) in [5.41, 5.74) is 0.698. The molecule has 1 aromatic heterocycles. The van der Waals surface area contributed by atoms with Crippen molar-refractivity contribution in [3.63, 3.8) is 0 Å². The van der Waals surface area contributed by atoms with Crippen LogP contribution >= 0.6 is 0 Å². The van der Waals surface area contributed by atoms with Crippen molar-refractivity contribution >= 4 is 11.6 Å². The normalized spacial score (nSPS) is 10.4. The molecular formula is C17H16FN5O3. The summed E-state index contributed by atoms with van der Waals surface area (Å²) < 4.78 is 24.1. The first kappa shape index (κ1) is 17.3. The lowest BCUT2D eigenvalue weighted by molar-refractivity contribution is -0.117. The first-order valence-corrected chi connectivity index (χ1v) is 7.65. The molecule has 0 aliphatic rings. The fourth-order valence-corrected chi connectivity index (χ4v) is 2.28. The smallest absolute Gasteiger partial charge is 0.248 e. The van der Waals surface area contributed by atoms with Crippen LogP contribution < -0.4 is 14.8 Å². The zero-order chi connectivity index (χ0) is 18.5. The predicted octanol–water partition coefficient (Wildman–Crippen LogP) is 2.14. The van der Waals surface area contributed by atoms with Gasteiger partial charge in [0.15, 0.2) is 0 Å². The molecule has 26 heavy (non-hydrogen) atoms. The third-order valence-corrected chi connectivity index (χ3v) is 3.54. The van der Waals surface area contributed by atoms with Crippen molar-refractivity contribution in [1.82, 2.24) is 20.2 Å². The molecule has 0 atom stereocenters. The van der Waals surface area contributed by atoms with E-state index in [0.717, 1.165) is 4.80 Å². The van der Waals surface area contributed by atoms with Crippen LogP contribution in [0.25, 0.3) is 11.4 Å². The number of tetrazole rings is 1. The van der Waals surface area contributed by atoms with Crippen LogP contribution in [0.4, 0.5) is 10.1 Å². The first-order chi connectivity index (χ1) is 12.6. The minimum absolute atomic E-state index is 0.109. The van der Waals surface area contributed by atoms with Gasteiger partial charge in [-0.25, -0.2) is 4.39 Å². The van der Waals surface area contributed by atoms with E-state index in [4.69, 9.17) is 9.47 Å². The SMILES string of the molecule is COc1ccc(NC(=O)Cn2nnc(-c3ccccc3F)n2)c(OC)c1. The number of hydrogen-bond donors (Lipinski definition) is 1. The van der Waals surface area contributed by atoms with Crippen molar-refractivity contribution in [2.75, 3.05) is 19.5 Å². The fraction of sp³-hybridized carbons (Fsp3) is 0.176. The second-order valence-corrected chi connectivity index (χ2v) is 5.24. The van der Waals surface area contributed by atoms with Gasteiger partial charge in [0.25, 0.3) is 0 Å².